The summed E-state index contributed by atoms with van der Waals surface area (Å²) in [5.74, 6) is 2.32. The van der Waals surface area contributed by atoms with Crippen molar-refractivity contribution in [1.29, 1.82) is 0 Å². The summed E-state index contributed by atoms with van der Waals surface area (Å²) in [6.45, 7) is 6.78. The Balaban J connectivity index is 1.31. The van der Waals surface area contributed by atoms with E-state index in [0.717, 1.165) is 50.0 Å². The molecule has 146 valence electrons. The molecule has 6 nitrogen and oxygen atoms in total. The van der Waals surface area contributed by atoms with Gasteiger partial charge in [-0.05, 0) is 42.0 Å². The molecule has 3 heterocycles. The number of nitrogens with one attached hydrogen (secondary N) is 1. The van der Waals surface area contributed by atoms with Crippen LogP contribution < -0.4 is 15.1 Å². The van der Waals surface area contributed by atoms with Gasteiger partial charge in [0.25, 0.3) is 0 Å². The van der Waals surface area contributed by atoms with Crippen molar-refractivity contribution in [2.75, 3.05) is 36.0 Å². The van der Waals surface area contributed by atoms with Crippen molar-refractivity contribution in [3.63, 3.8) is 0 Å². The van der Waals surface area contributed by atoms with Crippen LogP contribution in [-0.4, -0.2) is 36.1 Å². The van der Waals surface area contributed by atoms with Crippen LogP contribution in [0.2, 0.25) is 0 Å². The molecular formula is C21H24FN5O. The van der Waals surface area contributed by atoms with Crippen molar-refractivity contribution in [3.05, 3.63) is 71.8 Å². The number of anilines is 2. The van der Waals surface area contributed by atoms with Crippen molar-refractivity contribution >= 4 is 11.5 Å². The Hall–Kier alpha value is -2.93. The fraction of sp³-hybridized carbons (Fsp3) is 0.333. The van der Waals surface area contributed by atoms with E-state index in [2.05, 4.69) is 31.2 Å². The lowest BCUT2D eigenvalue weighted by atomic mass is 10.2. The van der Waals surface area contributed by atoms with Crippen LogP contribution in [0.5, 0.6) is 0 Å². The van der Waals surface area contributed by atoms with Gasteiger partial charge in [0, 0.05) is 51.5 Å². The Bertz CT molecular complexity index is 903. The second-order valence-corrected chi connectivity index (χ2v) is 6.92. The van der Waals surface area contributed by atoms with E-state index in [4.69, 9.17) is 4.42 Å². The van der Waals surface area contributed by atoms with Gasteiger partial charge in [0.1, 0.15) is 17.4 Å². The van der Waals surface area contributed by atoms with Gasteiger partial charge in [0.2, 0.25) is 0 Å². The molecule has 1 fully saturated rings. The summed E-state index contributed by atoms with van der Waals surface area (Å²) in [5.41, 5.74) is 2.25. The maximum atomic E-state index is 13.1. The average Bonchev–Trinajstić information content (AvgIpc) is 3.14. The van der Waals surface area contributed by atoms with E-state index in [0.29, 0.717) is 12.4 Å². The molecule has 4 rings (SSSR count). The lowest BCUT2D eigenvalue weighted by molar-refractivity contribution is 0.455. The molecule has 0 unspecified atom stereocenters. The zero-order valence-electron chi connectivity index (χ0n) is 15.9. The van der Waals surface area contributed by atoms with Crippen molar-refractivity contribution in [3.8, 4) is 0 Å². The molecule has 28 heavy (non-hydrogen) atoms. The number of halogens is 1. The molecule has 0 amide bonds. The highest BCUT2D eigenvalue weighted by Crippen LogP contribution is 2.20. The van der Waals surface area contributed by atoms with Crippen LogP contribution in [0.4, 0.5) is 15.9 Å². The molecule has 0 saturated carbocycles. The SMILES string of the molecule is Cc1ncc(CNCc2ccnc(N3CCN(c4ccc(F)cc4)CC3)c2)o1. The minimum absolute atomic E-state index is 0.199. The number of pyridine rings is 1. The van der Waals surface area contributed by atoms with Gasteiger partial charge in [-0.2, -0.15) is 0 Å². The van der Waals surface area contributed by atoms with E-state index < -0.39 is 0 Å². The predicted octanol–water partition coefficient (Wildman–Crippen LogP) is 3.13. The molecule has 0 atom stereocenters. The van der Waals surface area contributed by atoms with Gasteiger partial charge in [-0.25, -0.2) is 14.4 Å². The Morgan fingerprint density at radius 1 is 1.00 bits per heavy atom. The zero-order valence-corrected chi connectivity index (χ0v) is 15.9. The summed E-state index contributed by atoms with van der Waals surface area (Å²) in [6, 6.07) is 10.9. The molecule has 1 N–H and O–H groups in total. The Kier molecular flexibility index (Phi) is 5.53. The third-order valence-electron chi connectivity index (χ3n) is 4.90. The predicted molar refractivity (Wildman–Crippen MR) is 107 cm³/mol. The maximum absolute atomic E-state index is 13.1. The van der Waals surface area contributed by atoms with Gasteiger partial charge < -0.3 is 19.5 Å². The van der Waals surface area contributed by atoms with Crippen molar-refractivity contribution in [2.24, 2.45) is 0 Å². The first-order valence-electron chi connectivity index (χ1n) is 9.50. The number of rotatable bonds is 6. The number of nitrogens with zero attached hydrogens (tertiary/aromatic N) is 4. The van der Waals surface area contributed by atoms with Crippen molar-refractivity contribution in [1.82, 2.24) is 15.3 Å². The molecule has 1 aliphatic rings. The van der Waals surface area contributed by atoms with E-state index in [-0.39, 0.29) is 5.82 Å². The molecular weight excluding hydrogens is 357 g/mol. The van der Waals surface area contributed by atoms with E-state index in [1.54, 1.807) is 6.20 Å². The van der Waals surface area contributed by atoms with Gasteiger partial charge in [-0.1, -0.05) is 0 Å². The summed E-state index contributed by atoms with van der Waals surface area (Å²) >= 11 is 0. The lowest BCUT2D eigenvalue weighted by Crippen LogP contribution is -2.46. The third-order valence-corrected chi connectivity index (χ3v) is 4.90. The number of piperazine rings is 1. The zero-order chi connectivity index (χ0) is 19.3. The van der Waals surface area contributed by atoms with Crippen LogP contribution in [0.3, 0.4) is 0 Å². The second kappa shape index (κ2) is 8.39. The fourth-order valence-corrected chi connectivity index (χ4v) is 3.41. The largest absolute Gasteiger partial charge is 0.445 e. The first-order chi connectivity index (χ1) is 13.7. The highest BCUT2D eigenvalue weighted by molar-refractivity contribution is 5.49. The normalized spacial score (nSPS) is 14.5. The first kappa shape index (κ1) is 18.4. The van der Waals surface area contributed by atoms with E-state index >= 15 is 0 Å². The van der Waals surface area contributed by atoms with E-state index in [9.17, 15) is 4.39 Å². The standard InChI is InChI=1S/C21H24FN5O/c1-16-25-15-20(28-16)14-23-13-17-6-7-24-21(12-17)27-10-8-26(9-11-27)19-4-2-18(22)3-5-19/h2-7,12,15,23H,8-11,13-14H2,1H3. The summed E-state index contributed by atoms with van der Waals surface area (Å²) in [6.07, 6.45) is 3.61. The van der Waals surface area contributed by atoms with Gasteiger partial charge >= 0.3 is 0 Å². The molecule has 1 aliphatic heterocycles. The summed E-state index contributed by atoms with van der Waals surface area (Å²) in [4.78, 5) is 13.2. The number of hydrogen-bond acceptors (Lipinski definition) is 6. The monoisotopic (exact) mass is 381 g/mol. The van der Waals surface area contributed by atoms with Gasteiger partial charge in [-0.15, -0.1) is 0 Å². The third kappa shape index (κ3) is 4.48. The first-order valence-corrected chi connectivity index (χ1v) is 9.50. The molecule has 1 saturated heterocycles. The highest BCUT2D eigenvalue weighted by Gasteiger charge is 2.18. The number of oxazole rings is 1. The molecule has 0 bridgehead atoms. The second-order valence-electron chi connectivity index (χ2n) is 6.92. The molecule has 2 aromatic heterocycles. The maximum Gasteiger partial charge on any atom is 0.191 e. The van der Waals surface area contributed by atoms with Crippen molar-refractivity contribution in [2.45, 2.75) is 20.0 Å². The molecule has 7 heteroatoms. The average molecular weight is 381 g/mol. The highest BCUT2D eigenvalue weighted by atomic mass is 19.1. The van der Waals surface area contributed by atoms with Gasteiger partial charge in [0.05, 0.1) is 12.7 Å². The minimum Gasteiger partial charge on any atom is -0.445 e. The van der Waals surface area contributed by atoms with Crippen LogP contribution in [-0.2, 0) is 13.1 Å². The number of hydrogen-bond donors (Lipinski definition) is 1. The fourth-order valence-electron chi connectivity index (χ4n) is 3.41. The summed E-state index contributed by atoms with van der Waals surface area (Å²) < 4.78 is 18.6. The molecule has 3 aromatic rings. The Morgan fingerprint density at radius 3 is 2.46 bits per heavy atom. The minimum atomic E-state index is -0.199. The summed E-state index contributed by atoms with van der Waals surface area (Å²) in [7, 11) is 0. The van der Waals surface area contributed by atoms with Crippen molar-refractivity contribution < 1.29 is 8.81 Å². The quantitative estimate of drug-likeness (QED) is 0.708. The smallest absolute Gasteiger partial charge is 0.191 e. The van der Waals surface area contributed by atoms with E-state index in [1.807, 2.05) is 31.3 Å². The van der Waals surface area contributed by atoms with Crippen LogP contribution in [0, 0.1) is 12.7 Å². The molecule has 1 aromatic carbocycles. The van der Waals surface area contributed by atoms with Crippen LogP contribution >= 0.6 is 0 Å². The summed E-state index contributed by atoms with van der Waals surface area (Å²) in [5, 5.41) is 3.38. The number of aromatic nitrogens is 2. The number of aryl methyl sites for hydroxylation is 1. The van der Waals surface area contributed by atoms with Crippen LogP contribution in [0.15, 0.2) is 53.2 Å². The van der Waals surface area contributed by atoms with Gasteiger partial charge in [0.15, 0.2) is 5.89 Å². The Morgan fingerprint density at radius 2 is 1.75 bits per heavy atom. The Labute approximate surface area is 164 Å². The topological polar surface area (TPSA) is 57.4 Å². The molecule has 0 spiro atoms. The lowest BCUT2D eigenvalue weighted by Gasteiger charge is -2.36. The molecule has 0 radical (unpaired) electrons. The van der Waals surface area contributed by atoms with Crippen LogP contribution in [0.1, 0.15) is 17.2 Å². The van der Waals surface area contributed by atoms with Crippen LogP contribution in [0.25, 0.3) is 0 Å². The van der Waals surface area contributed by atoms with E-state index in [1.165, 1.54) is 17.7 Å². The van der Waals surface area contributed by atoms with Gasteiger partial charge in [-0.3, -0.25) is 0 Å². The number of benzene rings is 1. The molecule has 0 aliphatic carbocycles.